The summed E-state index contributed by atoms with van der Waals surface area (Å²) in [6.07, 6.45) is 0.208. The van der Waals surface area contributed by atoms with Gasteiger partial charge in [0.05, 0.1) is 11.1 Å². The van der Waals surface area contributed by atoms with Crippen LogP contribution in [0.15, 0.2) is 47.2 Å². The Bertz CT molecular complexity index is 1090. The van der Waals surface area contributed by atoms with Crippen LogP contribution in [0.3, 0.4) is 0 Å². The first-order valence-electron chi connectivity index (χ1n) is 9.38. The summed E-state index contributed by atoms with van der Waals surface area (Å²) in [7, 11) is 0. The summed E-state index contributed by atoms with van der Waals surface area (Å²) in [4.78, 5) is 28.9. The number of benzene rings is 2. The van der Waals surface area contributed by atoms with Crippen molar-refractivity contribution in [1.29, 1.82) is 0 Å². The van der Waals surface area contributed by atoms with E-state index in [9.17, 15) is 9.59 Å². The smallest absolute Gasteiger partial charge is 0.251 e. The Morgan fingerprint density at radius 2 is 1.94 bits per heavy atom. The van der Waals surface area contributed by atoms with E-state index in [-0.39, 0.29) is 12.5 Å². The summed E-state index contributed by atoms with van der Waals surface area (Å²) >= 11 is 10.7. The number of amides is 2. The topological polar surface area (TPSA) is 107 Å². The fraction of sp³-hybridized carbons (Fsp3) is 0.238. The van der Waals surface area contributed by atoms with Crippen molar-refractivity contribution in [2.24, 2.45) is 5.73 Å². The maximum atomic E-state index is 12.6. The number of halogens is 2. The molecule has 2 aromatic carbocycles. The number of carbonyl (C=O) groups excluding carboxylic acids is 2. The Kier molecular flexibility index (Phi) is 7.64. The maximum Gasteiger partial charge on any atom is 0.251 e. The molecule has 10 heteroatoms. The van der Waals surface area contributed by atoms with Crippen molar-refractivity contribution < 1.29 is 14.3 Å². The lowest BCUT2D eigenvalue weighted by Gasteiger charge is -2.17. The van der Waals surface area contributed by atoms with E-state index < -0.39 is 17.9 Å². The molecule has 0 aliphatic carbocycles. The zero-order chi connectivity index (χ0) is 22.5. The van der Waals surface area contributed by atoms with Crippen molar-refractivity contribution in [3.8, 4) is 16.3 Å². The summed E-state index contributed by atoms with van der Waals surface area (Å²) in [6.45, 7) is 3.77. The zero-order valence-corrected chi connectivity index (χ0v) is 19.9. The van der Waals surface area contributed by atoms with E-state index in [1.54, 1.807) is 12.1 Å². The van der Waals surface area contributed by atoms with Crippen molar-refractivity contribution in [2.75, 3.05) is 0 Å². The number of rotatable bonds is 8. The molecule has 1 unspecified atom stereocenters. The summed E-state index contributed by atoms with van der Waals surface area (Å²) in [5.74, 6) is -0.587. The van der Waals surface area contributed by atoms with Gasteiger partial charge in [-0.3, -0.25) is 9.59 Å². The molecule has 0 spiro atoms. The molecule has 0 radical (unpaired) electrons. The van der Waals surface area contributed by atoms with Crippen LogP contribution in [0.5, 0.6) is 5.75 Å². The van der Waals surface area contributed by atoms with E-state index in [0.29, 0.717) is 21.1 Å². The fourth-order valence-corrected chi connectivity index (χ4v) is 4.11. The number of primary amides is 1. The van der Waals surface area contributed by atoms with Crippen molar-refractivity contribution in [2.45, 2.75) is 32.4 Å². The van der Waals surface area contributed by atoms with Gasteiger partial charge in [-0.05, 0) is 65.1 Å². The van der Waals surface area contributed by atoms with E-state index in [2.05, 4.69) is 30.6 Å². The molecule has 3 N–H and O–H groups in total. The molecule has 2 amide bonds. The van der Waals surface area contributed by atoms with Crippen molar-refractivity contribution in [1.82, 2.24) is 14.7 Å². The van der Waals surface area contributed by atoms with Gasteiger partial charge < -0.3 is 15.8 Å². The Morgan fingerprint density at radius 3 is 2.48 bits per heavy atom. The van der Waals surface area contributed by atoms with Crippen molar-refractivity contribution in [3.05, 3.63) is 63.3 Å². The van der Waals surface area contributed by atoms with Gasteiger partial charge in [-0.25, -0.2) is 4.98 Å². The molecule has 0 aliphatic heterocycles. The third kappa shape index (κ3) is 6.25. The van der Waals surface area contributed by atoms with E-state index in [4.69, 9.17) is 22.1 Å². The average Bonchev–Trinajstić information content (AvgIpc) is 3.15. The molecule has 1 aromatic heterocycles. The van der Waals surface area contributed by atoms with Crippen LogP contribution >= 0.6 is 39.1 Å². The molecule has 3 aromatic rings. The zero-order valence-electron chi connectivity index (χ0n) is 16.8. The molecule has 31 heavy (non-hydrogen) atoms. The van der Waals surface area contributed by atoms with Crippen LogP contribution in [0.25, 0.3) is 10.6 Å². The third-order valence-electron chi connectivity index (χ3n) is 4.25. The lowest BCUT2D eigenvalue weighted by molar-refractivity contribution is -0.119. The number of carbonyl (C=O) groups is 2. The minimum atomic E-state index is -0.876. The Labute approximate surface area is 197 Å². The molecule has 0 bridgehead atoms. The highest BCUT2D eigenvalue weighted by atomic mass is 79.9. The van der Waals surface area contributed by atoms with Gasteiger partial charge in [0.1, 0.15) is 16.8 Å². The molecule has 3 rings (SSSR count). The normalized spacial score (nSPS) is 11.9. The number of hydrogen-bond acceptors (Lipinski definition) is 6. The van der Waals surface area contributed by atoms with Gasteiger partial charge >= 0.3 is 0 Å². The lowest BCUT2D eigenvalue weighted by Crippen LogP contribution is -2.45. The molecule has 7 nitrogen and oxygen atoms in total. The van der Waals surface area contributed by atoms with Gasteiger partial charge in [0.2, 0.25) is 10.6 Å². The first-order valence-corrected chi connectivity index (χ1v) is 11.3. The number of aromatic nitrogens is 2. The Hall–Kier alpha value is -2.49. The lowest BCUT2D eigenvalue weighted by atomic mass is 10.0. The van der Waals surface area contributed by atoms with Crippen LogP contribution < -0.4 is 15.8 Å². The second kappa shape index (κ2) is 10.2. The number of ether oxygens (including phenoxy) is 1. The summed E-state index contributed by atoms with van der Waals surface area (Å²) in [6, 6.07) is 11.3. The molecule has 162 valence electrons. The molecule has 1 heterocycles. The molecule has 1 atom stereocenters. The Balaban J connectivity index is 1.69. The quantitative estimate of drug-likeness (QED) is 0.459. The van der Waals surface area contributed by atoms with Gasteiger partial charge in [-0.15, -0.1) is 0 Å². The van der Waals surface area contributed by atoms with E-state index in [0.717, 1.165) is 16.1 Å². The largest absolute Gasteiger partial charge is 0.489 e. The van der Waals surface area contributed by atoms with E-state index in [1.807, 2.05) is 38.1 Å². The molecular formula is C21H20BrClN4O3S. The highest BCUT2D eigenvalue weighted by Crippen LogP contribution is 2.27. The average molecular weight is 524 g/mol. The fourth-order valence-electron chi connectivity index (χ4n) is 2.80. The number of hydrogen-bond donors (Lipinski definition) is 2. The van der Waals surface area contributed by atoms with Crippen LogP contribution in [-0.4, -0.2) is 33.3 Å². The minimum absolute atomic E-state index is 0.0452. The first kappa shape index (κ1) is 23.2. The van der Waals surface area contributed by atoms with Crippen molar-refractivity contribution in [3.63, 3.8) is 0 Å². The van der Waals surface area contributed by atoms with Crippen LogP contribution in [0, 0.1) is 0 Å². The molecule has 0 aliphatic rings. The van der Waals surface area contributed by atoms with Crippen LogP contribution in [0.4, 0.5) is 0 Å². The van der Waals surface area contributed by atoms with Gasteiger partial charge in [-0.1, -0.05) is 35.9 Å². The van der Waals surface area contributed by atoms with Gasteiger partial charge in [0, 0.05) is 17.5 Å². The van der Waals surface area contributed by atoms with Gasteiger partial charge in [0.15, 0.2) is 0 Å². The predicted molar refractivity (Wildman–Crippen MR) is 124 cm³/mol. The van der Waals surface area contributed by atoms with E-state index in [1.165, 1.54) is 17.6 Å². The molecule has 0 saturated carbocycles. The Morgan fingerprint density at radius 1 is 1.23 bits per heavy atom. The van der Waals surface area contributed by atoms with Crippen LogP contribution in [-0.2, 0) is 11.2 Å². The SMILES string of the molecule is CC(C)Oc1ccc(C(=O)NC(Cc2ccc(-c3nc(Br)ns3)cc2)C(N)=O)cc1Cl. The second-order valence-electron chi connectivity index (χ2n) is 7.01. The predicted octanol–water partition coefficient (Wildman–Crippen LogP) is 4.23. The number of nitrogens with one attached hydrogen (secondary N) is 1. The number of nitrogens with two attached hydrogens (primary N) is 1. The first-order chi connectivity index (χ1) is 14.7. The van der Waals surface area contributed by atoms with Crippen LogP contribution in [0.2, 0.25) is 5.02 Å². The monoisotopic (exact) mass is 522 g/mol. The maximum absolute atomic E-state index is 12.6. The van der Waals surface area contributed by atoms with Crippen LogP contribution in [0.1, 0.15) is 29.8 Å². The summed E-state index contributed by atoms with van der Waals surface area (Å²) in [5.41, 5.74) is 7.58. The standard InChI is InChI=1S/C21H20BrClN4O3S/c1-11(2)30-17-8-7-14(10-15(17)23)19(29)25-16(18(24)28)9-12-3-5-13(6-4-12)20-26-21(22)27-31-20/h3-8,10-11,16H,9H2,1-2H3,(H2,24,28)(H,25,29). The molecule has 0 saturated heterocycles. The molecule has 0 fully saturated rings. The van der Waals surface area contributed by atoms with Gasteiger partial charge in [0.25, 0.3) is 5.91 Å². The second-order valence-corrected chi connectivity index (χ2v) is 8.88. The highest BCUT2D eigenvalue weighted by Gasteiger charge is 2.20. The highest BCUT2D eigenvalue weighted by molar-refractivity contribution is 9.10. The minimum Gasteiger partial charge on any atom is -0.489 e. The van der Waals surface area contributed by atoms with E-state index >= 15 is 0 Å². The van der Waals surface area contributed by atoms with Crippen molar-refractivity contribution >= 4 is 50.9 Å². The number of nitrogens with zero attached hydrogens (tertiary/aromatic N) is 2. The summed E-state index contributed by atoms with van der Waals surface area (Å²) in [5, 5.41) is 3.77. The van der Waals surface area contributed by atoms with Gasteiger partial charge in [-0.2, -0.15) is 4.37 Å². The third-order valence-corrected chi connectivity index (χ3v) is 5.90. The molecular weight excluding hydrogens is 504 g/mol. The summed E-state index contributed by atoms with van der Waals surface area (Å²) < 4.78 is 10.2.